The van der Waals surface area contributed by atoms with E-state index in [2.05, 4.69) is 16.0 Å². The Labute approximate surface area is 128 Å². The van der Waals surface area contributed by atoms with Crippen LogP contribution < -0.4 is 16.0 Å². The van der Waals surface area contributed by atoms with Crippen molar-refractivity contribution in [2.75, 3.05) is 13.1 Å². The molecule has 6 nitrogen and oxygen atoms in total. The largest absolute Gasteiger partial charge is 0.352 e. The third-order valence-corrected chi connectivity index (χ3v) is 3.23. The van der Waals surface area contributed by atoms with Crippen molar-refractivity contribution in [3.8, 4) is 0 Å². The number of nitrogens with one attached hydrogen (secondary N) is 3. The monoisotopic (exact) mass is 311 g/mol. The minimum Gasteiger partial charge on any atom is -0.352 e. The molecule has 1 rings (SSSR count). The minimum atomic E-state index is -0.205. The Morgan fingerprint density at radius 3 is 2.57 bits per heavy atom. The molecule has 1 aromatic heterocycles. The van der Waals surface area contributed by atoms with Crippen molar-refractivity contribution >= 4 is 29.1 Å². The van der Waals surface area contributed by atoms with Gasteiger partial charge < -0.3 is 16.0 Å². The van der Waals surface area contributed by atoms with Crippen LogP contribution in [0.5, 0.6) is 0 Å². The lowest BCUT2D eigenvalue weighted by atomic mass is 10.2. The zero-order valence-electron chi connectivity index (χ0n) is 12.3. The maximum Gasteiger partial charge on any atom is 0.252 e. The molecular weight excluding hydrogens is 290 g/mol. The standard InChI is InChI=1S/C14H21N3O3S/c1-10(2)17-13(19)8-16-12(18)4-3-6-15-14(20)11-5-7-21-9-11/h5,7,9-10H,3-4,6,8H2,1-2H3,(H,15,20)(H,16,18)(H,17,19). The highest BCUT2D eigenvalue weighted by molar-refractivity contribution is 7.08. The molecule has 0 atom stereocenters. The van der Waals surface area contributed by atoms with Crippen molar-refractivity contribution in [1.29, 1.82) is 0 Å². The summed E-state index contributed by atoms with van der Waals surface area (Å²) in [5, 5.41) is 11.6. The number of amides is 3. The van der Waals surface area contributed by atoms with Crippen LogP contribution in [0.2, 0.25) is 0 Å². The number of hydrogen-bond donors (Lipinski definition) is 3. The minimum absolute atomic E-state index is 0.0156. The van der Waals surface area contributed by atoms with Crippen LogP contribution in [-0.2, 0) is 9.59 Å². The number of carbonyl (C=O) groups is 3. The second-order valence-electron chi connectivity index (χ2n) is 4.87. The quantitative estimate of drug-likeness (QED) is 0.623. The van der Waals surface area contributed by atoms with Gasteiger partial charge in [-0.15, -0.1) is 0 Å². The van der Waals surface area contributed by atoms with Gasteiger partial charge in [-0.2, -0.15) is 11.3 Å². The molecule has 3 N–H and O–H groups in total. The predicted molar refractivity (Wildman–Crippen MR) is 82.2 cm³/mol. The Morgan fingerprint density at radius 2 is 1.95 bits per heavy atom. The van der Waals surface area contributed by atoms with Crippen LogP contribution in [0.15, 0.2) is 16.8 Å². The molecule has 0 bridgehead atoms. The van der Waals surface area contributed by atoms with Crippen molar-refractivity contribution in [3.63, 3.8) is 0 Å². The predicted octanol–water partition coefficient (Wildman–Crippen LogP) is 0.899. The summed E-state index contributed by atoms with van der Waals surface area (Å²) in [5.74, 6) is -0.532. The normalized spacial score (nSPS) is 10.2. The van der Waals surface area contributed by atoms with Gasteiger partial charge in [-0.05, 0) is 31.7 Å². The molecular formula is C14H21N3O3S. The van der Waals surface area contributed by atoms with E-state index in [0.717, 1.165) is 0 Å². The summed E-state index contributed by atoms with van der Waals surface area (Å²) in [7, 11) is 0. The van der Waals surface area contributed by atoms with E-state index in [4.69, 9.17) is 0 Å². The Hall–Kier alpha value is -1.89. The highest BCUT2D eigenvalue weighted by Crippen LogP contribution is 2.05. The van der Waals surface area contributed by atoms with Gasteiger partial charge >= 0.3 is 0 Å². The molecule has 116 valence electrons. The summed E-state index contributed by atoms with van der Waals surface area (Å²) >= 11 is 1.46. The maximum atomic E-state index is 11.6. The van der Waals surface area contributed by atoms with Crippen LogP contribution in [-0.4, -0.2) is 36.9 Å². The lowest BCUT2D eigenvalue weighted by molar-refractivity contribution is -0.126. The number of thiophene rings is 1. The first-order valence-corrected chi connectivity index (χ1v) is 7.79. The van der Waals surface area contributed by atoms with E-state index in [0.29, 0.717) is 18.5 Å². The summed E-state index contributed by atoms with van der Waals surface area (Å²) in [5.41, 5.74) is 0.634. The summed E-state index contributed by atoms with van der Waals surface area (Å²) < 4.78 is 0. The van der Waals surface area contributed by atoms with Gasteiger partial charge in [0.2, 0.25) is 11.8 Å². The van der Waals surface area contributed by atoms with Gasteiger partial charge in [0.15, 0.2) is 0 Å². The molecule has 0 saturated carbocycles. The SMILES string of the molecule is CC(C)NC(=O)CNC(=O)CCCNC(=O)c1ccsc1. The van der Waals surface area contributed by atoms with E-state index in [9.17, 15) is 14.4 Å². The van der Waals surface area contributed by atoms with Gasteiger partial charge in [-0.3, -0.25) is 14.4 Å². The lowest BCUT2D eigenvalue weighted by Crippen LogP contribution is -2.39. The maximum absolute atomic E-state index is 11.6. The molecule has 0 spiro atoms. The molecule has 21 heavy (non-hydrogen) atoms. The van der Waals surface area contributed by atoms with Gasteiger partial charge in [0.1, 0.15) is 0 Å². The Kier molecular flexibility index (Phi) is 7.45. The molecule has 0 fully saturated rings. The van der Waals surface area contributed by atoms with Gasteiger partial charge in [-0.1, -0.05) is 0 Å². The fraction of sp³-hybridized carbons (Fsp3) is 0.500. The van der Waals surface area contributed by atoms with Crippen LogP contribution >= 0.6 is 11.3 Å². The molecule has 0 saturated heterocycles. The highest BCUT2D eigenvalue weighted by Gasteiger charge is 2.07. The summed E-state index contributed by atoms with van der Waals surface area (Å²) in [6.45, 7) is 4.13. The van der Waals surface area contributed by atoms with Gasteiger partial charge in [0.05, 0.1) is 6.54 Å². The highest BCUT2D eigenvalue weighted by atomic mass is 32.1. The average molecular weight is 311 g/mol. The fourth-order valence-corrected chi connectivity index (χ4v) is 2.22. The van der Waals surface area contributed by atoms with Gasteiger partial charge in [0.25, 0.3) is 5.91 Å². The van der Waals surface area contributed by atoms with E-state index in [1.54, 1.807) is 11.4 Å². The van der Waals surface area contributed by atoms with Crippen molar-refractivity contribution in [3.05, 3.63) is 22.4 Å². The lowest BCUT2D eigenvalue weighted by Gasteiger charge is -2.09. The molecule has 0 aliphatic rings. The van der Waals surface area contributed by atoms with E-state index in [1.807, 2.05) is 19.2 Å². The molecule has 0 aromatic carbocycles. The molecule has 7 heteroatoms. The van der Waals surface area contributed by atoms with Crippen molar-refractivity contribution in [1.82, 2.24) is 16.0 Å². The first-order chi connectivity index (χ1) is 9.99. The zero-order valence-corrected chi connectivity index (χ0v) is 13.1. The molecule has 0 unspecified atom stereocenters. The molecule has 0 radical (unpaired) electrons. The average Bonchev–Trinajstić information content (AvgIpc) is 2.94. The number of hydrogen-bond acceptors (Lipinski definition) is 4. The number of rotatable bonds is 8. The van der Waals surface area contributed by atoms with Crippen LogP contribution in [0.25, 0.3) is 0 Å². The summed E-state index contributed by atoms with van der Waals surface area (Å²) in [6, 6.07) is 1.81. The van der Waals surface area contributed by atoms with Crippen molar-refractivity contribution < 1.29 is 14.4 Å². The smallest absolute Gasteiger partial charge is 0.252 e. The molecule has 0 aliphatic heterocycles. The second kappa shape index (κ2) is 9.12. The van der Waals surface area contributed by atoms with Crippen LogP contribution in [0.4, 0.5) is 0 Å². The number of carbonyl (C=O) groups excluding carboxylic acids is 3. The van der Waals surface area contributed by atoms with Crippen molar-refractivity contribution in [2.24, 2.45) is 0 Å². The Balaban J connectivity index is 2.08. The summed E-state index contributed by atoms with van der Waals surface area (Å²) in [6.07, 6.45) is 0.812. The molecule has 3 amide bonds. The molecule has 0 aliphatic carbocycles. The van der Waals surface area contributed by atoms with E-state index < -0.39 is 0 Å². The third-order valence-electron chi connectivity index (χ3n) is 2.55. The zero-order chi connectivity index (χ0) is 15.7. The van der Waals surface area contributed by atoms with Gasteiger partial charge in [-0.25, -0.2) is 0 Å². The van der Waals surface area contributed by atoms with Crippen molar-refractivity contribution in [2.45, 2.75) is 32.7 Å². The van der Waals surface area contributed by atoms with E-state index in [-0.39, 0.29) is 36.7 Å². The third kappa shape index (κ3) is 7.45. The van der Waals surface area contributed by atoms with Gasteiger partial charge in [0, 0.05) is 30.0 Å². The topological polar surface area (TPSA) is 87.3 Å². The Bertz CT molecular complexity index is 472. The Morgan fingerprint density at radius 1 is 1.19 bits per heavy atom. The first kappa shape index (κ1) is 17.2. The molecule has 1 aromatic rings. The van der Waals surface area contributed by atoms with Crippen LogP contribution in [0, 0.1) is 0 Å². The molecule has 1 heterocycles. The second-order valence-corrected chi connectivity index (χ2v) is 5.65. The van der Waals surface area contributed by atoms with Crippen LogP contribution in [0.3, 0.4) is 0 Å². The van der Waals surface area contributed by atoms with E-state index >= 15 is 0 Å². The van der Waals surface area contributed by atoms with E-state index in [1.165, 1.54) is 11.3 Å². The first-order valence-electron chi connectivity index (χ1n) is 6.85. The fourth-order valence-electron chi connectivity index (χ4n) is 1.59. The summed E-state index contributed by atoms with van der Waals surface area (Å²) in [4.78, 5) is 34.4. The van der Waals surface area contributed by atoms with Crippen LogP contribution in [0.1, 0.15) is 37.0 Å².